The van der Waals surface area contributed by atoms with Crippen LogP contribution in [0.4, 0.5) is 11.4 Å². The van der Waals surface area contributed by atoms with E-state index in [1.807, 2.05) is 70.2 Å². The van der Waals surface area contributed by atoms with Gasteiger partial charge in [0.2, 0.25) is 11.8 Å². The highest BCUT2D eigenvalue weighted by Crippen LogP contribution is 2.28. The van der Waals surface area contributed by atoms with Crippen molar-refractivity contribution < 1.29 is 14.3 Å². The van der Waals surface area contributed by atoms with Gasteiger partial charge >= 0.3 is 0 Å². The van der Waals surface area contributed by atoms with E-state index >= 15 is 0 Å². The molecule has 1 unspecified atom stereocenters. The summed E-state index contributed by atoms with van der Waals surface area (Å²) >= 11 is 0. The van der Waals surface area contributed by atoms with Gasteiger partial charge in [0.1, 0.15) is 5.75 Å². The zero-order valence-corrected chi connectivity index (χ0v) is 16.3. The van der Waals surface area contributed by atoms with E-state index in [2.05, 4.69) is 5.32 Å². The third kappa shape index (κ3) is 4.48. The number of anilines is 2. The predicted molar refractivity (Wildman–Crippen MR) is 107 cm³/mol. The van der Waals surface area contributed by atoms with Gasteiger partial charge in [-0.05, 0) is 63.6 Å². The van der Waals surface area contributed by atoms with Crippen molar-refractivity contribution in [3.8, 4) is 5.75 Å². The van der Waals surface area contributed by atoms with E-state index in [0.29, 0.717) is 6.54 Å². The molecule has 2 amide bonds. The van der Waals surface area contributed by atoms with E-state index in [9.17, 15) is 9.59 Å². The summed E-state index contributed by atoms with van der Waals surface area (Å²) in [5, 5.41) is 2.96. The molecular weight excluding hydrogens is 340 g/mol. The van der Waals surface area contributed by atoms with E-state index in [4.69, 9.17) is 4.74 Å². The number of benzene rings is 2. The second-order valence-corrected chi connectivity index (χ2v) is 7.37. The van der Waals surface area contributed by atoms with Crippen LogP contribution in [0.1, 0.15) is 31.4 Å². The fourth-order valence-electron chi connectivity index (χ4n) is 3.30. The minimum absolute atomic E-state index is 0.0340. The zero-order chi connectivity index (χ0) is 19.6. The Hall–Kier alpha value is -2.82. The smallest absolute Gasteiger partial charge is 0.229 e. The Balaban J connectivity index is 1.66. The molecule has 0 bridgehead atoms. The molecule has 0 radical (unpaired) electrons. The maximum atomic E-state index is 12.6. The molecule has 0 aromatic heterocycles. The molecule has 0 saturated carbocycles. The van der Waals surface area contributed by atoms with Crippen molar-refractivity contribution in [3.05, 3.63) is 53.6 Å². The number of carbonyl (C=O) groups is 2. The van der Waals surface area contributed by atoms with Crippen molar-refractivity contribution in [2.45, 2.75) is 40.2 Å². The first-order chi connectivity index (χ1) is 12.8. The summed E-state index contributed by atoms with van der Waals surface area (Å²) in [6, 6.07) is 13.3. The van der Waals surface area contributed by atoms with Gasteiger partial charge in [0, 0.05) is 24.3 Å². The lowest BCUT2D eigenvalue weighted by Crippen LogP contribution is -2.28. The lowest BCUT2D eigenvalue weighted by Gasteiger charge is -2.18. The first-order valence-corrected chi connectivity index (χ1v) is 9.28. The number of carbonyl (C=O) groups excluding carboxylic acids is 2. The van der Waals surface area contributed by atoms with Gasteiger partial charge < -0.3 is 15.0 Å². The average molecular weight is 366 g/mol. The standard InChI is InChI=1S/C22H26N2O3/c1-14(2)27-19-8-6-18(7-9-19)24-13-17(12-21(24)25)22(26)23-20-10-5-15(3)11-16(20)4/h5-11,14,17H,12-13H2,1-4H3,(H,23,26). The van der Waals surface area contributed by atoms with E-state index in [-0.39, 0.29) is 30.3 Å². The third-order valence-electron chi connectivity index (χ3n) is 4.66. The molecule has 1 N–H and O–H groups in total. The van der Waals surface area contributed by atoms with Crippen LogP contribution in [0, 0.1) is 19.8 Å². The lowest BCUT2D eigenvalue weighted by atomic mass is 10.1. The van der Waals surface area contributed by atoms with Gasteiger partial charge in [-0.3, -0.25) is 9.59 Å². The molecule has 5 nitrogen and oxygen atoms in total. The Bertz CT molecular complexity index is 843. The molecule has 1 fully saturated rings. The third-order valence-corrected chi connectivity index (χ3v) is 4.66. The van der Waals surface area contributed by atoms with Gasteiger partial charge in [0.25, 0.3) is 0 Å². The summed E-state index contributed by atoms with van der Waals surface area (Å²) in [6.07, 6.45) is 0.323. The van der Waals surface area contributed by atoms with Crippen LogP contribution in [-0.2, 0) is 9.59 Å². The second-order valence-electron chi connectivity index (χ2n) is 7.37. The highest BCUT2D eigenvalue weighted by molar-refractivity contribution is 6.03. The summed E-state index contributed by atoms with van der Waals surface area (Å²) in [5.41, 5.74) is 3.76. The Morgan fingerprint density at radius 1 is 1.15 bits per heavy atom. The molecule has 2 aromatic carbocycles. The number of amides is 2. The van der Waals surface area contributed by atoms with Gasteiger partial charge in [-0.1, -0.05) is 17.7 Å². The number of ether oxygens (including phenoxy) is 1. The molecule has 1 heterocycles. The Morgan fingerprint density at radius 2 is 1.85 bits per heavy atom. The van der Waals surface area contributed by atoms with Crippen LogP contribution >= 0.6 is 0 Å². The van der Waals surface area contributed by atoms with E-state index < -0.39 is 0 Å². The summed E-state index contributed by atoms with van der Waals surface area (Å²) in [7, 11) is 0. The van der Waals surface area contributed by atoms with Gasteiger partial charge in [0.05, 0.1) is 12.0 Å². The number of hydrogen-bond donors (Lipinski definition) is 1. The molecule has 0 aliphatic carbocycles. The molecule has 1 aliphatic heterocycles. The van der Waals surface area contributed by atoms with E-state index in [1.54, 1.807) is 4.90 Å². The van der Waals surface area contributed by atoms with Crippen molar-refractivity contribution in [2.24, 2.45) is 5.92 Å². The SMILES string of the molecule is Cc1ccc(NC(=O)C2CC(=O)N(c3ccc(OC(C)C)cc3)C2)c(C)c1. The van der Waals surface area contributed by atoms with Crippen LogP contribution in [-0.4, -0.2) is 24.5 Å². The fourth-order valence-corrected chi connectivity index (χ4v) is 3.30. The maximum absolute atomic E-state index is 12.6. The van der Waals surface area contributed by atoms with Crippen LogP contribution in [0.5, 0.6) is 5.75 Å². The molecule has 2 aromatic rings. The monoisotopic (exact) mass is 366 g/mol. The van der Waals surface area contributed by atoms with Crippen LogP contribution in [0.15, 0.2) is 42.5 Å². The van der Waals surface area contributed by atoms with E-state index in [1.165, 1.54) is 0 Å². The Kier molecular flexibility index (Phi) is 5.49. The number of nitrogens with zero attached hydrogens (tertiary/aromatic N) is 1. The van der Waals surface area contributed by atoms with E-state index in [0.717, 1.165) is 28.3 Å². The van der Waals surface area contributed by atoms with Gasteiger partial charge in [-0.15, -0.1) is 0 Å². The molecule has 5 heteroatoms. The summed E-state index contributed by atoms with van der Waals surface area (Å²) in [5.74, 6) is 0.264. The molecule has 27 heavy (non-hydrogen) atoms. The normalized spacial score (nSPS) is 16.7. The molecule has 142 valence electrons. The molecule has 1 saturated heterocycles. The molecule has 0 spiro atoms. The van der Waals surface area contributed by atoms with Crippen molar-refractivity contribution in [1.29, 1.82) is 0 Å². The van der Waals surface area contributed by atoms with Crippen LogP contribution in [0.25, 0.3) is 0 Å². The van der Waals surface area contributed by atoms with Crippen LogP contribution < -0.4 is 15.0 Å². The summed E-state index contributed by atoms with van der Waals surface area (Å²) in [4.78, 5) is 26.7. The number of nitrogens with one attached hydrogen (secondary N) is 1. The average Bonchev–Trinajstić information content (AvgIpc) is 2.99. The molecular formula is C22H26N2O3. The number of rotatable bonds is 5. The van der Waals surface area contributed by atoms with Gasteiger partial charge in [0.15, 0.2) is 0 Å². The summed E-state index contributed by atoms with van der Waals surface area (Å²) < 4.78 is 5.64. The van der Waals surface area contributed by atoms with Gasteiger partial charge in [-0.25, -0.2) is 0 Å². The predicted octanol–water partition coefficient (Wildman–Crippen LogP) is 4.08. The van der Waals surface area contributed by atoms with Gasteiger partial charge in [-0.2, -0.15) is 0 Å². The Labute approximate surface area is 160 Å². The van der Waals surface area contributed by atoms with Crippen molar-refractivity contribution in [2.75, 3.05) is 16.8 Å². The quantitative estimate of drug-likeness (QED) is 0.867. The first kappa shape index (κ1) is 19.0. The summed E-state index contributed by atoms with van der Waals surface area (Å²) in [6.45, 7) is 8.31. The maximum Gasteiger partial charge on any atom is 0.229 e. The largest absolute Gasteiger partial charge is 0.491 e. The Morgan fingerprint density at radius 3 is 2.48 bits per heavy atom. The highest BCUT2D eigenvalue weighted by Gasteiger charge is 2.35. The second kappa shape index (κ2) is 7.82. The molecule has 1 atom stereocenters. The number of aryl methyl sites for hydroxylation is 2. The van der Waals surface area contributed by atoms with Crippen molar-refractivity contribution >= 4 is 23.2 Å². The highest BCUT2D eigenvalue weighted by atomic mass is 16.5. The van der Waals surface area contributed by atoms with Crippen molar-refractivity contribution in [3.63, 3.8) is 0 Å². The zero-order valence-electron chi connectivity index (χ0n) is 16.3. The van der Waals surface area contributed by atoms with Crippen LogP contribution in [0.3, 0.4) is 0 Å². The first-order valence-electron chi connectivity index (χ1n) is 9.28. The lowest BCUT2D eigenvalue weighted by molar-refractivity contribution is -0.122. The minimum Gasteiger partial charge on any atom is -0.491 e. The topological polar surface area (TPSA) is 58.6 Å². The number of hydrogen-bond acceptors (Lipinski definition) is 3. The fraction of sp³-hybridized carbons (Fsp3) is 0.364. The van der Waals surface area contributed by atoms with Crippen molar-refractivity contribution in [1.82, 2.24) is 0 Å². The van der Waals surface area contributed by atoms with Crippen LogP contribution in [0.2, 0.25) is 0 Å². The molecule has 3 rings (SSSR count). The molecule has 1 aliphatic rings. The minimum atomic E-state index is -0.357.